The summed E-state index contributed by atoms with van der Waals surface area (Å²) >= 11 is 0. The largest absolute Gasteiger partial charge is 0.494 e. The van der Waals surface area contributed by atoms with E-state index >= 15 is 0 Å². The van der Waals surface area contributed by atoms with Gasteiger partial charge in [0.25, 0.3) is 27.7 Å². The quantitative estimate of drug-likeness (QED) is 0.0455. The number of sulfonamides is 1. The smallest absolute Gasteiger partial charge is 0.358 e. The molecule has 2 heterocycles. The number of hydroxylamine groups is 2. The van der Waals surface area contributed by atoms with E-state index in [1.807, 2.05) is 20.8 Å². The molecule has 22 heteroatoms. The number of rotatable bonds is 38. The fraction of sp³-hybridized carbons (Fsp3) is 0.660. The molecule has 21 nitrogen and oxygen atoms in total. The van der Waals surface area contributed by atoms with E-state index in [1.165, 1.54) is 75.9 Å². The Hall–Kier alpha value is -5.29. The first-order valence-electron chi connectivity index (χ1n) is 23.8. The van der Waals surface area contributed by atoms with E-state index in [1.54, 1.807) is 12.1 Å². The minimum atomic E-state index is -4.00. The highest BCUT2D eigenvalue weighted by molar-refractivity contribution is 7.92. The Bertz CT molecular complexity index is 1950. The molecule has 0 spiro atoms. The second kappa shape index (κ2) is 33.3. The molecule has 4 amide bonds. The predicted molar refractivity (Wildman–Crippen MR) is 251 cm³/mol. The summed E-state index contributed by atoms with van der Waals surface area (Å²) in [5.41, 5.74) is -0.293. The Morgan fingerprint density at radius 2 is 1.13 bits per heavy atom. The van der Waals surface area contributed by atoms with Gasteiger partial charge in [-0.05, 0) is 57.9 Å². The van der Waals surface area contributed by atoms with Gasteiger partial charge in [0.2, 0.25) is 11.9 Å². The summed E-state index contributed by atoms with van der Waals surface area (Å²) < 4.78 is 60.4. The van der Waals surface area contributed by atoms with Gasteiger partial charge < -0.3 is 43.9 Å². The Labute approximate surface area is 405 Å². The number of esters is 1. The van der Waals surface area contributed by atoms with E-state index in [2.05, 4.69) is 30.2 Å². The third-order valence-electron chi connectivity index (χ3n) is 9.98. The number of ether oxygens (including phenoxy) is 6. The van der Waals surface area contributed by atoms with Crippen LogP contribution < -0.4 is 20.1 Å². The monoisotopic (exact) mass is 992 g/mol. The molecule has 0 unspecified atom stereocenters. The molecule has 3 N–H and O–H groups in total. The molecule has 1 aromatic carbocycles. The molecule has 1 fully saturated rings. The van der Waals surface area contributed by atoms with Crippen molar-refractivity contribution in [1.82, 2.24) is 25.7 Å². The first kappa shape index (κ1) is 58.0. The summed E-state index contributed by atoms with van der Waals surface area (Å²) in [6.07, 6.45) is 17.9. The Balaban J connectivity index is 1.11. The molecule has 69 heavy (non-hydrogen) atoms. The molecule has 0 saturated carbocycles. The summed E-state index contributed by atoms with van der Waals surface area (Å²) in [7, 11) is -4.00. The van der Waals surface area contributed by atoms with Crippen molar-refractivity contribution < 1.29 is 70.4 Å². The standard InChI is InChI=1S/C47H72N6O15S/c1-47(2,3)67-43(57)17-15-13-11-9-7-5-4-6-8-10-12-14-16-26-66-38-18-20-39(21-19-38)69(60,61)52-46-50-33-37(34-51-46)45(59)49-25-28-63-29-31-64-35-40(54)48-24-27-62-30-32-65-36-44(58)68-53-41(55)22-23-42(53)56/h18-21,33-34H,4-17,22-32,35-36H2,1-3H3,(H,48,54)(H,49,59)(H,50,51,52). The zero-order valence-electron chi connectivity index (χ0n) is 40.4. The lowest BCUT2D eigenvalue weighted by atomic mass is 10.0. The Kier molecular flexibility index (Phi) is 28.0. The van der Waals surface area contributed by atoms with Gasteiger partial charge in [-0.2, -0.15) is 0 Å². The molecule has 386 valence electrons. The molecule has 0 bridgehead atoms. The Morgan fingerprint density at radius 1 is 0.623 bits per heavy atom. The van der Waals surface area contributed by atoms with Crippen LogP contribution >= 0.6 is 0 Å². The minimum absolute atomic E-state index is 0.000806. The van der Waals surface area contributed by atoms with Crippen LogP contribution in [0, 0.1) is 0 Å². The normalized spacial score (nSPS) is 12.8. The summed E-state index contributed by atoms with van der Waals surface area (Å²) in [4.78, 5) is 83.3. The van der Waals surface area contributed by atoms with E-state index < -0.39 is 45.9 Å². The fourth-order valence-corrected chi connectivity index (χ4v) is 7.45. The van der Waals surface area contributed by atoms with Gasteiger partial charge in [0, 0.05) is 44.7 Å². The van der Waals surface area contributed by atoms with Crippen molar-refractivity contribution in [2.24, 2.45) is 0 Å². The van der Waals surface area contributed by atoms with Crippen molar-refractivity contribution in [3.05, 3.63) is 42.2 Å². The Morgan fingerprint density at radius 3 is 1.70 bits per heavy atom. The molecule has 2 aromatic rings. The van der Waals surface area contributed by atoms with Crippen molar-refractivity contribution in [2.75, 3.05) is 77.3 Å². The summed E-state index contributed by atoms with van der Waals surface area (Å²) in [6, 6.07) is 6.09. The maximum absolute atomic E-state index is 12.9. The maximum Gasteiger partial charge on any atom is 0.358 e. The van der Waals surface area contributed by atoms with E-state index in [9.17, 15) is 37.2 Å². The first-order valence-corrected chi connectivity index (χ1v) is 25.3. The van der Waals surface area contributed by atoms with E-state index in [0.717, 1.165) is 32.1 Å². The predicted octanol–water partition coefficient (Wildman–Crippen LogP) is 4.98. The SMILES string of the molecule is CC(C)(C)OC(=O)CCCCCCCCCCCCCCCOc1ccc(S(=O)(=O)Nc2ncc(C(=O)NCCOCCOCC(=O)NCCOCCOCC(=O)ON3C(=O)CCC3=O)cn2)cc1. The molecule has 0 aliphatic carbocycles. The molecular formula is C47H72N6O15S. The van der Waals surface area contributed by atoms with E-state index in [4.69, 9.17) is 28.4 Å². The molecule has 3 rings (SSSR count). The van der Waals surface area contributed by atoms with Gasteiger partial charge >= 0.3 is 11.9 Å². The van der Waals surface area contributed by atoms with Gasteiger partial charge in [-0.3, -0.25) is 24.0 Å². The van der Waals surface area contributed by atoms with Gasteiger partial charge in [0.05, 0.1) is 56.7 Å². The zero-order valence-corrected chi connectivity index (χ0v) is 41.2. The zero-order chi connectivity index (χ0) is 50.2. The maximum atomic E-state index is 12.9. The third-order valence-corrected chi connectivity index (χ3v) is 11.3. The molecule has 1 aromatic heterocycles. The number of imide groups is 1. The summed E-state index contributed by atoms with van der Waals surface area (Å²) in [5, 5.41) is 5.70. The molecule has 1 aliphatic heterocycles. The lowest BCUT2D eigenvalue weighted by molar-refractivity contribution is -0.200. The van der Waals surface area contributed by atoms with Crippen molar-refractivity contribution in [1.29, 1.82) is 0 Å². The van der Waals surface area contributed by atoms with E-state index in [0.29, 0.717) is 23.8 Å². The average Bonchev–Trinajstić information content (AvgIpc) is 3.62. The van der Waals surface area contributed by atoms with Crippen molar-refractivity contribution in [3.8, 4) is 5.75 Å². The lowest BCUT2D eigenvalue weighted by Gasteiger charge is -2.19. The van der Waals surface area contributed by atoms with Crippen LogP contribution in [0.25, 0.3) is 0 Å². The highest BCUT2D eigenvalue weighted by atomic mass is 32.2. The second-order valence-electron chi connectivity index (χ2n) is 17.1. The average molecular weight is 993 g/mol. The van der Waals surface area contributed by atoms with Crippen molar-refractivity contribution in [2.45, 2.75) is 134 Å². The fourth-order valence-electron chi connectivity index (χ4n) is 6.49. The molecule has 0 atom stereocenters. The van der Waals surface area contributed by atoms with Crippen molar-refractivity contribution >= 4 is 51.5 Å². The van der Waals surface area contributed by atoms with Gasteiger partial charge in [0.15, 0.2) is 0 Å². The highest BCUT2D eigenvalue weighted by Gasteiger charge is 2.32. The van der Waals surface area contributed by atoms with Crippen LogP contribution in [-0.2, 0) is 62.5 Å². The number of aromatic nitrogens is 2. The first-order chi connectivity index (χ1) is 33.1. The van der Waals surface area contributed by atoms with Gasteiger partial charge in [0.1, 0.15) is 24.6 Å². The molecule has 1 saturated heterocycles. The number of carbonyl (C=O) groups is 6. The molecule has 0 radical (unpaired) electrons. The summed E-state index contributed by atoms with van der Waals surface area (Å²) in [5.74, 6) is -2.61. The van der Waals surface area contributed by atoms with Gasteiger partial charge in [-0.1, -0.05) is 70.6 Å². The molecule has 1 aliphatic rings. The van der Waals surface area contributed by atoms with Gasteiger partial charge in [-0.25, -0.2) is 27.9 Å². The number of anilines is 1. The number of hydrogen-bond donors (Lipinski definition) is 3. The van der Waals surface area contributed by atoms with Gasteiger partial charge in [-0.15, -0.1) is 5.06 Å². The number of nitrogens with one attached hydrogen (secondary N) is 3. The number of carbonyl (C=O) groups excluding carboxylic acids is 6. The molecular weight excluding hydrogens is 921 g/mol. The van der Waals surface area contributed by atoms with Crippen LogP contribution in [-0.4, -0.2) is 137 Å². The third kappa shape index (κ3) is 26.9. The van der Waals surface area contributed by atoms with Crippen molar-refractivity contribution in [3.63, 3.8) is 0 Å². The lowest BCUT2D eigenvalue weighted by Crippen LogP contribution is -2.33. The number of unbranched alkanes of at least 4 members (excludes halogenated alkanes) is 12. The van der Waals surface area contributed by atoms with E-state index in [-0.39, 0.29) is 100 Å². The number of hydrogen-bond acceptors (Lipinski definition) is 17. The van der Waals surface area contributed by atoms with Crippen LogP contribution in [0.2, 0.25) is 0 Å². The van der Waals surface area contributed by atoms with Crippen LogP contribution in [0.5, 0.6) is 5.75 Å². The van der Waals surface area contributed by atoms with Crippen LogP contribution in [0.1, 0.15) is 134 Å². The minimum Gasteiger partial charge on any atom is -0.494 e. The van der Waals surface area contributed by atoms with Crippen LogP contribution in [0.15, 0.2) is 41.6 Å². The number of amides is 4. The summed E-state index contributed by atoms with van der Waals surface area (Å²) in [6.45, 7) is 6.76. The van der Waals surface area contributed by atoms with Crippen LogP contribution in [0.4, 0.5) is 5.95 Å². The van der Waals surface area contributed by atoms with Crippen LogP contribution in [0.3, 0.4) is 0 Å². The topological polar surface area (TPSA) is 266 Å². The number of benzene rings is 1. The number of nitrogens with zero attached hydrogens (tertiary/aromatic N) is 3. The second-order valence-corrected chi connectivity index (χ2v) is 18.8. The highest BCUT2D eigenvalue weighted by Crippen LogP contribution is 2.20.